The van der Waals surface area contributed by atoms with E-state index in [0.717, 1.165) is 15.1 Å². The molecule has 19 heavy (non-hydrogen) atoms. The van der Waals surface area contributed by atoms with Crippen LogP contribution < -0.4 is 16.6 Å². The number of nitrogens with two attached hydrogens (primary N) is 1. The summed E-state index contributed by atoms with van der Waals surface area (Å²) in [5.74, 6) is 6.17. The first-order chi connectivity index (χ1) is 9.01. The van der Waals surface area contributed by atoms with E-state index in [1.54, 1.807) is 6.92 Å². The van der Waals surface area contributed by atoms with E-state index in [2.05, 4.69) is 20.7 Å². The average Bonchev–Trinajstić information content (AvgIpc) is 2.79. The third-order valence-corrected chi connectivity index (χ3v) is 3.71. The minimum absolute atomic E-state index is 0.219. The normalized spacial score (nSPS) is 11.8. The van der Waals surface area contributed by atoms with Crippen LogP contribution in [0.15, 0.2) is 6.07 Å². The van der Waals surface area contributed by atoms with Gasteiger partial charge in [-0.2, -0.15) is 4.98 Å². The Morgan fingerprint density at radius 1 is 1.37 bits per heavy atom. The fraction of sp³-hybridized carbons (Fsp3) is 0.455. The zero-order valence-electron chi connectivity index (χ0n) is 10.8. The molecule has 0 bridgehead atoms. The summed E-state index contributed by atoms with van der Waals surface area (Å²) in [5.41, 5.74) is 1.55. The Morgan fingerprint density at radius 3 is 2.63 bits per heavy atom. The van der Waals surface area contributed by atoms with Crippen molar-refractivity contribution in [3.63, 3.8) is 0 Å². The third-order valence-electron chi connectivity index (χ3n) is 2.76. The number of hydrogen-bond acceptors (Lipinski definition) is 8. The average molecular weight is 283 g/mol. The van der Waals surface area contributed by atoms with Crippen LogP contribution in [0.2, 0.25) is 0 Å². The fourth-order valence-corrected chi connectivity index (χ4v) is 2.50. The number of thiophene rings is 1. The smallest absolute Gasteiger partial charge is 0.240 e. The second-order valence-corrected chi connectivity index (χ2v) is 5.85. The molecule has 0 amide bonds. The van der Waals surface area contributed by atoms with Gasteiger partial charge in [0.05, 0.1) is 24.1 Å². The molecule has 0 saturated carbocycles. The number of nitrogens with zero attached hydrogens (tertiary/aromatic N) is 2. The molecule has 0 spiro atoms. The SMILES string of the molecule is Cc1cc2c(NC(C)(CO)CO)nc(NN)nc2s1. The highest BCUT2D eigenvalue weighted by molar-refractivity contribution is 7.18. The van der Waals surface area contributed by atoms with Gasteiger partial charge in [0, 0.05) is 4.88 Å². The number of nitrogen functional groups attached to an aromatic ring is 1. The standard InChI is InChI=1S/C11H17N5O2S/c1-6-3-7-8(15-11(2,4-17)5-18)13-10(16-12)14-9(7)19-6/h3,17-18H,4-5,12H2,1-2H3,(H2,13,14,15,16). The van der Waals surface area contributed by atoms with Crippen LogP contribution in [0.3, 0.4) is 0 Å². The van der Waals surface area contributed by atoms with Gasteiger partial charge in [0.2, 0.25) is 5.95 Å². The Balaban J connectivity index is 2.51. The molecule has 0 aliphatic carbocycles. The summed E-state index contributed by atoms with van der Waals surface area (Å²) in [6.07, 6.45) is 0. The van der Waals surface area contributed by atoms with Gasteiger partial charge >= 0.3 is 0 Å². The second-order valence-electron chi connectivity index (χ2n) is 4.62. The lowest BCUT2D eigenvalue weighted by Gasteiger charge is -2.27. The number of fused-ring (bicyclic) bond motifs is 1. The summed E-state index contributed by atoms with van der Waals surface area (Å²) in [5, 5.41) is 22.6. The molecule has 0 aliphatic heterocycles. The van der Waals surface area contributed by atoms with Gasteiger partial charge in [-0.1, -0.05) is 0 Å². The van der Waals surface area contributed by atoms with Crippen molar-refractivity contribution in [2.24, 2.45) is 5.84 Å². The molecule has 104 valence electrons. The van der Waals surface area contributed by atoms with E-state index in [4.69, 9.17) is 5.84 Å². The summed E-state index contributed by atoms with van der Waals surface area (Å²) < 4.78 is 0. The van der Waals surface area contributed by atoms with E-state index in [1.807, 2.05) is 13.0 Å². The number of hydrogen-bond donors (Lipinski definition) is 5. The summed E-state index contributed by atoms with van der Waals surface area (Å²) >= 11 is 1.53. The molecule has 2 aromatic heterocycles. The van der Waals surface area contributed by atoms with Gasteiger partial charge in [-0.05, 0) is 19.9 Å². The van der Waals surface area contributed by atoms with Gasteiger partial charge in [0.1, 0.15) is 10.6 Å². The lowest BCUT2D eigenvalue weighted by Crippen LogP contribution is -2.42. The van der Waals surface area contributed by atoms with E-state index in [1.165, 1.54) is 11.3 Å². The van der Waals surface area contributed by atoms with Crippen molar-refractivity contribution in [1.82, 2.24) is 9.97 Å². The molecule has 2 aromatic rings. The fourth-order valence-electron chi connectivity index (χ4n) is 1.62. The first-order valence-corrected chi connectivity index (χ1v) is 6.57. The number of anilines is 2. The van der Waals surface area contributed by atoms with Gasteiger partial charge < -0.3 is 15.5 Å². The highest BCUT2D eigenvalue weighted by Gasteiger charge is 2.24. The number of aliphatic hydroxyl groups excluding tert-OH is 2. The maximum Gasteiger partial charge on any atom is 0.240 e. The molecule has 8 heteroatoms. The highest BCUT2D eigenvalue weighted by atomic mass is 32.1. The molecular weight excluding hydrogens is 266 g/mol. The molecule has 0 unspecified atom stereocenters. The van der Waals surface area contributed by atoms with Crippen LogP contribution in [0, 0.1) is 6.92 Å². The monoisotopic (exact) mass is 283 g/mol. The minimum Gasteiger partial charge on any atom is -0.394 e. The molecule has 2 heterocycles. The predicted octanol–water partition coefficient (Wildman–Crippen LogP) is 0.441. The van der Waals surface area contributed by atoms with Crippen LogP contribution >= 0.6 is 11.3 Å². The molecule has 2 rings (SSSR count). The molecule has 7 nitrogen and oxygen atoms in total. The Kier molecular flexibility index (Phi) is 3.85. The van der Waals surface area contributed by atoms with Gasteiger partial charge in [0.25, 0.3) is 0 Å². The van der Waals surface area contributed by atoms with E-state index in [-0.39, 0.29) is 19.2 Å². The number of aliphatic hydroxyl groups is 2. The van der Waals surface area contributed by atoms with Gasteiger partial charge in [-0.3, -0.25) is 5.43 Å². The Labute approximate surface area is 114 Å². The second kappa shape index (κ2) is 5.25. The molecular formula is C11H17N5O2S. The van der Waals surface area contributed by atoms with Gasteiger partial charge in [-0.15, -0.1) is 11.3 Å². The topological polar surface area (TPSA) is 116 Å². The number of nitrogens with one attached hydrogen (secondary N) is 2. The first kappa shape index (κ1) is 13.9. The number of hydrazine groups is 1. The summed E-state index contributed by atoms with van der Waals surface area (Å²) in [4.78, 5) is 10.4. The predicted molar refractivity (Wildman–Crippen MR) is 76.2 cm³/mol. The van der Waals surface area contributed by atoms with E-state index in [0.29, 0.717) is 5.82 Å². The zero-order chi connectivity index (χ0) is 14.0. The van der Waals surface area contributed by atoms with Crippen molar-refractivity contribution in [1.29, 1.82) is 0 Å². The van der Waals surface area contributed by atoms with Gasteiger partial charge in [0.15, 0.2) is 0 Å². The molecule has 0 radical (unpaired) electrons. The molecule has 0 atom stereocenters. The van der Waals surface area contributed by atoms with E-state index < -0.39 is 5.54 Å². The Morgan fingerprint density at radius 2 is 2.05 bits per heavy atom. The lowest BCUT2D eigenvalue weighted by molar-refractivity contribution is 0.147. The van der Waals surface area contributed by atoms with Crippen molar-refractivity contribution < 1.29 is 10.2 Å². The molecule has 0 fully saturated rings. The number of aryl methyl sites for hydroxylation is 1. The van der Waals surface area contributed by atoms with E-state index >= 15 is 0 Å². The summed E-state index contributed by atoms with van der Waals surface area (Å²) in [6.45, 7) is 3.24. The van der Waals surface area contributed by atoms with Crippen LogP contribution in [-0.2, 0) is 0 Å². The quantitative estimate of drug-likeness (QED) is 0.399. The van der Waals surface area contributed by atoms with Crippen molar-refractivity contribution in [3.8, 4) is 0 Å². The molecule has 6 N–H and O–H groups in total. The van der Waals surface area contributed by atoms with Crippen LogP contribution in [0.1, 0.15) is 11.8 Å². The minimum atomic E-state index is -0.858. The van der Waals surface area contributed by atoms with Crippen molar-refractivity contribution in [2.75, 3.05) is 24.0 Å². The zero-order valence-corrected chi connectivity index (χ0v) is 11.6. The number of aromatic nitrogens is 2. The first-order valence-electron chi connectivity index (χ1n) is 5.76. The lowest BCUT2D eigenvalue weighted by atomic mass is 10.1. The van der Waals surface area contributed by atoms with Crippen molar-refractivity contribution >= 4 is 33.3 Å². The largest absolute Gasteiger partial charge is 0.394 e. The molecule has 0 aromatic carbocycles. The van der Waals surface area contributed by atoms with E-state index in [9.17, 15) is 10.2 Å². The van der Waals surface area contributed by atoms with Crippen LogP contribution in [0.25, 0.3) is 10.2 Å². The summed E-state index contributed by atoms with van der Waals surface area (Å²) in [7, 11) is 0. The maximum absolute atomic E-state index is 9.35. The van der Waals surface area contributed by atoms with Crippen LogP contribution in [-0.4, -0.2) is 38.9 Å². The van der Waals surface area contributed by atoms with Gasteiger partial charge in [-0.25, -0.2) is 10.8 Å². The Hall–Kier alpha value is -1.48. The van der Waals surface area contributed by atoms with Crippen LogP contribution in [0.4, 0.5) is 11.8 Å². The molecule has 0 saturated heterocycles. The van der Waals surface area contributed by atoms with Crippen molar-refractivity contribution in [3.05, 3.63) is 10.9 Å². The third kappa shape index (κ3) is 2.76. The number of rotatable bonds is 5. The van der Waals surface area contributed by atoms with Crippen molar-refractivity contribution in [2.45, 2.75) is 19.4 Å². The highest BCUT2D eigenvalue weighted by Crippen LogP contribution is 2.30. The molecule has 0 aliphatic rings. The Bertz CT molecular complexity index is 582. The van der Waals surface area contributed by atoms with Crippen LogP contribution in [0.5, 0.6) is 0 Å². The maximum atomic E-state index is 9.35. The summed E-state index contributed by atoms with van der Waals surface area (Å²) in [6, 6.07) is 1.96.